The summed E-state index contributed by atoms with van der Waals surface area (Å²) in [6, 6.07) is 14.1. The Morgan fingerprint density at radius 3 is 2.54 bits per heavy atom. The first-order valence-corrected chi connectivity index (χ1v) is 7.71. The Morgan fingerprint density at radius 1 is 0.962 bits per heavy atom. The molecule has 2 heterocycles. The van der Waals surface area contributed by atoms with Crippen LogP contribution in [-0.4, -0.2) is 20.4 Å². The molecular formula is C18H12F3N5. The van der Waals surface area contributed by atoms with Crippen LogP contribution >= 0.6 is 0 Å². The second-order valence-electron chi connectivity index (χ2n) is 5.64. The highest BCUT2D eigenvalue weighted by Gasteiger charge is 2.29. The van der Waals surface area contributed by atoms with Gasteiger partial charge in [-0.15, -0.1) is 5.10 Å². The zero-order valence-corrected chi connectivity index (χ0v) is 13.2. The van der Waals surface area contributed by atoms with Gasteiger partial charge in [0.25, 0.3) is 0 Å². The number of H-pyrrole nitrogens is 1. The van der Waals surface area contributed by atoms with Gasteiger partial charge in [-0.05, 0) is 54.1 Å². The van der Waals surface area contributed by atoms with Gasteiger partial charge in [0, 0.05) is 17.4 Å². The molecule has 130 valence electrons. The molecule has 0 saturated carbocycles. The fourth-order valence-electron chi connectivity index (χ4n) is 2.63. The number of hydrogen-bond donors (Lipinski definition) is 2. The summed E-state index contributed by atoms with van der Waals surface area (Å²) < 4.78 is 38.1. The first kappa shape index (κ1) is 16.1. The van der Waals surface area contributed by atoms with Gasteiger partial charge in [-0.1, -0.05) is 11.3 Å². The molecule has 0 saturated heterocycles. The second-order valence-corrected chi connectivity index (χ2v) is 5.64. The second kappa shape index (κ2) is 6.14. The Labute approximate surface area is 145 Å². The Bertz CT molecular complexity index is 1050. The van der Waals surface area contributed by atoms with E-state index in [1.165, 1.54) is 12.1 Å². The number of aromatic nitrogens is 4. The lowest BCUT2D eigenvalue weighted by molar-refractivity contribution is -0.137. The molecule has 0 fully saturated rings. The average Bonchev–Trinajstić information content (AvgIpc) is 3.09. The number of fused-ring (bicyclic) bond motifs is 1. The van der Waals surface area contributed by atoms with E-state index in [1.807, 2.05) is 24.3 Å². The fourth-order valence-corrected chi connectivity index (χ4v) is 2.63. The predicted molar refractivity (Wildman–Crippen MR) is 91.8 cm³/mol. The van der Waals surface area contributed by atoms with Gasteiger partial charge < -0.3 is 5.32 Å². The van der Waals surface area contributed by atoms with Crippen LogP contribution in [0.4, 0.5) is 24.7 Å². The van der Waals surface area contributed by atoms with Crippen molar-refractivity contribution in [2.75, 3.05) is 5.32 Å². The van der Waals surface area contributed by atoms with Crippen LogP contribution in [0.15, 0.2) is 60.8 Å². The van der Waals surface area contributed by atoms with E-state index in [0.717, 1.165) is 28.8 Å². The minimum atomic E-state index is -4.36. The number of benzene rings is 2. The number of pyridine rings is 1. The van der Waals surface area contributed by atoms with Gasteiger partial charge >= 0.3 is 6.18 Å². The molecular weight excluding hydrogens is 343 g/mol. The maximum absolute atomic E-state index is 12.7. The van der Waals surface area contributed by atoms with Gasteiger partial charge in [-0.25, -0.2) is 4.98 Å². The van der Waals surface area contributed by atoms with Crippen molar-refractivity contribution in [1.82, 2.24) is 20.4 Å². The number of alkyl halides is 3. The van der Waals surface area contributed by atoms with Crippen molar-refractivity contribution in [3.05, 3.63) is 66.4 Å². The van der Waals surface area contributed by atoms with Gasteiger partial charge in [-0.2, -0.15) is 13.2 Å². The summed E-state index contributed by atoms with van der Waals surface area (Å²) >= 11 is 0. The van der Waals surface area contributed by atoms with E-state index in [9.17, 15) is 13.2 Å². The topological polar surface area (TPSA) is 66.5 Å². The highest BCUT2D eigenvalue weighted by Crippen LogP contribution is 2.32. The van der Waals surface area contributed by atoms with E-state index >= 15 is 0 Å². The molecule has 0 amide bonds. The number of hydrogen-bond acceptors (Lipinski definition) is 4. The van der Waals surface area contributed by atoms with Crippen molar-refractivity contribution in [3.8, 4) is 11.1 Å². The molecule has 4 aromatic rings. The van der Waals surface area contributed by atoms with Crippen LogP contribution in [0.5, 0.6) is 0 Å². The maximum Gasteiger partial charge on any atom is 0.416 e. The zero-order valence-electron chi connectivity index (χ0n) is 13.2. The molecule has 0 unspecified atom stereocenters. The van der Waals surface area contributed by atoms with Crippen molar-refractivity contribution in [2.24, 2.45) is 0 Å². The quantitative estimate of drug-likeness (QED) is 0.555. The number of anilines is 2. The third kappa shape index (κ3) is 3.08. The van der Waals surface area contributed by atoms with E-state index in [0.29, 0.717) is 17.0 Å². The molecule has 0 atom stereocenters. The standard InChI is InChI=1S/C18H12F3N5/c19-18(20,21)12-4-6-13(7-5-12)23-17-14(2-1-9-22-17)11-3-8-15-16(10-11)25-26-24-15/h1-10H,(H,22,23)(H,24,25,26). The highest BCUT2D eigenvalue weighted by molar-refractivity contribution is 5.85. The molecule has 4 rings (SSSR count). The molecule has 2 aromatic heterocycles. The molecule has 26 heavy (non-hydrogen) atoms. The Morgan fingerprint density at radius 2 is 1.77 bits per heavy atom. The van der Waals surface area contributed by atoms with Gasteiger partial charge in [0.05, 0.1) is 11.1 Å². The van der Waals surface area contributed by atoms with Crippen LogP contribution in [0, 0.1) is 0 Å². The molecule has 0 aliphatic carbocycles. The van der Waals surface area contributed by atoms with Crippen LogP contribution in [0.3, 0.4) is 0 Å². The van der Waals surface area contributed by atoms with Gasteiger partial charge in [0.1, 0.15) is 11.3 Å². The van der Waals surface area contributed by atoms with E-state index in [1.54, 1.807) is 12.3 Å². The number of rotatable bonds is 3. The summed E-state index contributed by atoms with van der Waals surface area (Å²) in [5, 5.41) is 13.6. The number of aromatic amines is 1. The molecule has 8 heteroatoms. The Hall–Kier alpha value is -3.42. The predicted octanol–water partition coefficient (Wildman–Crippen LogP) is 4.78. The van der Waals surface area contributed by atoms with Crippen molar-refractivity contribution >= 4 is 22.5 Å². The van der Waals surface area contributed by atoms with E-state index in [4.69, 9.17) is 0 Å². The number of nitrogens with zero attached hydrogens (tertiary/aromatic N) is 3. The molecule has 0 aliphatic rings. The molecule has 0 aliphatic heterocycles. The summed E-state index contributed by atoms with van der Waals surface area (Å²) in [6.45, 7) is 0. The lowest BCUT2D eigenvalue weighted by Crippen LogP contribution is -2.04. The van der Waals surface area contributed by atoms with Crippen molar-refractivity contribution in [2.45, 2.75) is 6.18 Å². The molecule has 0 radical (unpaired) electrons. The Kier molecular flexibility index (Phi) is 3.80. The van der Waals surface area contributed by atoms with Crippen LogP contribution in [-0.2, 0) is 6.18 Å². The number of nitrogens with one attached hydrogen (secondary N) is 2. The van der Waals surface area contributed by atoms with Crippen LogP contribution in [0.25, 0.3) is 22.2 Å². The minimum absolute atomic E-state index is 0.514. The summed E-state index contributed by atoms with van der Waals surface area (Å²) in [6.07, 6.45) is -2.74. The average molecular weight is 355 g/mol. The summed E-state index contributed by atoms with van der Waals surface area (Å²) in [5.41, 5.74) is 3.02. The van der Waals surface area contributed by atoms with Gasteiger partial charge in [0.2, 0.25) is 0 Å². The molecule has 5 nitrogen and oxygen atoms in total. The smallest absolute Gasteiger partial charge is 0.340 e. The van der Waals surface area contributed by atoms with E-state index < -0.39 is 11.7 Å². The first-order valence-electron chi connectivity index (χ1n) is 7.71. The van der Waals surface area contributed by atoms with Gasteiger partial charge in [0.15, 0.2) is 0 Å². The molecule has 0 spiro atoms. The van der Waals surface area contributed by atoms with Crippen LogP contribution in [0.1, 0.15) is 5.56 Å². The first-order chi connectivity index (χ1) is 12.5. The SMILES string of the molecule is FC(F)(F)c1ccc(Nc2ncccc2-c2ccc3[nH]nnc3c2)cc1. The van der Waals surface area contributed by atoms with Crippen molar-refractivity contribution < 1.29 is 13.2 Å². The zero-order chi connectivity index (χ0) is 18.1. The van der Waals surface area contributed by atoms with E-state index in [2.05, 4.69) is 25.7 Å². The largest absolute Gasteiger partial charge is 0.416 e. The summed E-state index contributed by atoms with van der Waals surface area (Å²) in [5.74, 6) is 0.537. The third-order valence-electron chi connectivity index (χ3n) is 3.92. The minimum Gasteiger partial charge on any atom is -0.340 e. The maximum atomic E-state index is 12.7. The fraction of sp³-hybridized carbons (Fsp3) is 0.0556. The normalized spacial score (nSPS) is 11.7. The summed E-state index contributed by atoms with van der Waals surface area (Å²) in [7, 11) is 0. The summed E-state index contributed by atoms with van der Waals surface area (Å²) in [4.78, 5) is 4.31. The Balaban J connectivity index is 1.67. The van der Waals surface area contributed by atoms with Crippen molar-refractivity contribution in [1.29, 1.82) is 0 Å². The monoisotopic (exact) mass is 355 g/mol. The number of halogens is 3. The molecule has 0 bridgehead atoms. The lowest BCUT2D eigenvalue weighted by Gasteiger charge is -2.12. The van der Waals surface area contributed by atoms with Crippen LogP contribution in [0.2, 0.25) is 0 Å². The lowest BCUT2D eigenvalue weighted by atomic mass is 10.1. The van der Waals surface area contributed by atoms with Gasteiger partial charge in [-0.3, -0.25) is 5.10 Å². The van der Waals surface area contributed by atoms with E-state index in [-0.39, 0.29) is 0 Å². The van der Waals surface area contributed by atoms with Crippen LogP contribution < -0.4 is 5.32 Å². The van der Waals surface area contributed by atoms with Crippen molar-refractivity contribution in [3.63, 3.8) is 0 Å². The third-order valence-corrected chi connectivity index (χ3v) is 3.92. The molecule has 2 N–H and O–H groups in total. The molecule has 2 aromatic carbocycles. The highest BCUT2D eigenvalue weighted by atomic mass is 19.4.